The van der Waals surface area contributed by atoms with Crippen LogP contribution in [0.25, 0.3) is 11.0 Å². The van der Waals surface area contributed by atoms with Crippen molar-refractivity contribution in [3.63, 3.8) is 0 Å². The lowest BCUT2D eigenvalue weighted by molar-refractivity contribution is 0.251. The van der Waals surface area contributed by atoms with Gasteiger partial charge in [-0.05, 0) is 36.2 Å². The number of anilines is 1. The van der Waals surface area contributed by atoms with Crippen molar-refractivity contribution >= 4 is 32.8 Å². The molecule has 0 saturated carbocycles. The van der Waals surface area contributed by atoms with Gasteiger partial charge < -0.3 is 10.6 Å². The fraction of sp³-hybridized carbons (Fsp3) is 0.316. The number of urea groups is 1. The standard InChI is InChI=1S/C19H24N6O3S/c1-4-14-7-5-6-8-16(14)21-19(26)20-11-12-25-18-10-9-15(13-17(18)22-23-25)29(27,28)24(2)3/h5-10,13H,4,11-12H2,1-3H3,(H2,20,21,26). The van der Waals surface area contributed by atoms with Gasteiger partial charge in [-0.2, -0.15) is 0 Å². The highest BCUT2D eigenvalue weighted by Gasteiger charge is 2.18. The Morgan fingerprint density at radius 2 is 1.93 bits per heavy atom. The summed E-state index contributed by atoms with van der Waals surface area (Å²) in [5.74, 6) is 0. The lowest BCUT2D eigenvalue weighted by Gasteiger charge is -2.11. The molecule has 2 aromatic carbocycles. The van der Waals surface area contributed by atoms with Crippen LogP contribution < -0.4 is 10.6 Å². The number of para-hydroxylation sites is 1. The highest BCUT2D eigenvalue weighted by molar-refractivity contribution is 7.89. The Hall–Kier alpha value is -2.98. The molecule has 0 atom stereocenters. The van der Waals surface area contributed by atoms with Crippen LogP contribution >= 0.6 is 0 Å². The summed E-state index contributed by atoms with van der Waals surface area (Å²) in [4.78, 5) is 12.3. The van der Waals surface area contributed by atoms with E-state index in [1.165, 1.54) is 26.2 Å². The molecule has 3 rings (SSSR count). The van der Waals surface area contributed by atoms with Crippen LogP contribution in [0.2, 0.25) is 0 Å². The molecule has 1 aromatic heterocycles. The third kappa shape index (κ3) is 4.54. The van der Waals surface area contributed by atoms with Gasteiger partial charge in [0.25, 0.3) is 0 Å². The minimum absolute atomic E-state index is 0.161. The second kappa shape index (κ2) is 8.58. The van der Waals surface area contributed by atoms with Gasteiger partial charge in [0.1, 0.15) is 5.52 Å². The number of nitrogens with zero attached hydrogens (tertiary/aromatic N) is 4. The molecule has 0 saturated heterocycles. The van der Waals surface area contributed by atoms with Crippen LogP contribution in [0.1, 0.15) is 12.5 Å². The van der Waals surface area contributed by atoms with Crippen LogP contribution in [0.15, 0.2) is 47.4 Å². The summed E-state index contributed by atoms with van der Waals surface area (Å²) in [5, 5.41) is 13.7. The van der Waals surface area contributed by atoms with Crippen molar-refractivity contribution in [2.45, 2.75) is 24.8 Å². The quantitative estimate of drug-likeness (QED) is 0.613. The van der Waals surface area contributed by atoms with Gasteiger partial charge in [-0.25, -0.2) is 22.2 Å². The number of fused-ring (bicyclic) bond motifs is 1. The molecular weight excluding hydrogens is 392 g/mol. The number of amides is 2. The van der Waals surface area contributed by atoms with Crippen LogP contribution in [-0.2, 0) is 23.0 Å². The van der Waals surface area contributed by atoms with Crippen LogP contribution in [0.3, 0.4) is 0 Å². The van der Waals surface area contributed by atoms with E-state index < -0.39 is 10.0 Å². The molecule has 1 heterocycles. The third-order valence-electron chi connectivity index (χ3n) is 4.52. The molecule has 0 bridgehead atoms. The maximum Gasteiger partial charge on any atom is 0.319 e. The Labute approximate surface area is 169 Å². The van der Waals surface area contributed by atoms with Crippen molar-refractivity contribution in [1.29, 1.82) is 0 Å². The molecular formula is C19H24N6O3S. The van der Waals surface area contributed by atoms with E-state index in [-0.39, 0.29) is 10.9 Å². The smallest absolute Gasteiger partial charge is 0.319 e. The summed E-state index contributed by atoms with van der Waals surface area (Å²) in [6.07, 6.45) is 0.826. The number of hydrogen-bond acceptors (Lipinski definition) is 5. The largest absolute Gasteiger partial charge is 0.336 e. The Morgan fingerprint density at radius 3 is 2.66 bits per heavy atom. The van der Waals surface area contributed by atoms with Crippen molar-refractivity contribution in [1.82, 2.24) is 24.6 Å². The number of carbonyl (C=O) groups excluding carboxylic acids is 1. The topological polar surface area (TPSA) is 109 Å². The first-order valence-corrected chi connectivity index (χ1v) is 10.7. The van der Waals surface area contributed by atoms with Crippen LogP contribution in [0.5, 0.6) is 0 Å². The van der Waals surface area contributed by atoms with E-state index in [1.54, 1.807) is 10.7 Å². The fourth-order valence-corrected chi connectivity index (χ4v) is 3.80. The zero-order valence-corrected chi connectivity index (χ0v) is 17.4. The molecule has 0 aliphatic heterocycles. The Morgan fingerprint density at radius 1 is 1.17 bits per heavy atom. The van der Waals surface area contributed by atoms with Gasteiger partial charge in [0.05, 0.1) is 17.0 Å². The number of sulfonamides is 1. The van der Waals surface area contributed by atoms with Crippen molar-refractivity contribution in [3.05, 3.63) is 48.0 Å². The molecule has 0 spiro atoms. The first-order chi connectivity index (χ1) is 13.8. The summed E-state index contributed by atoms with van der Waals surface area (Å²) < 4.78 is 27.3. The zero-order valence-electron chi connectivity index (χ0n) is 16.6. The van der Waals surface area contributed by atoms with Gasteiger partial charge in [-0.1, -0.05) is 30.3 Å². The van der Waals surface area contributed by atoms with E-state index in [9.17, 15) is 13.2 Å². The van der Waals surface area contributed by atoms with Crippen LogP contribution in [0, 0.1) is 0 Å². The summed E-state index contributed by atoms with van der Waals surface area (Å²) in [7, 11) is -0.575. The number of benzene rings is 2. The summed E-state index contributed by atoms with van der Waals surface area (Å²) >= 11 is 0. The van der Waals surface area contributed by atoms with E-state index in [2.05, 4.69) is 20.9 Å². The number of carbonyl (C=O) groups is 1. The maximum atomic E-state index is 12.2. The van der Waals surface area contributed by atoms with Gasteiger partial charge in [-0.15, -0.1) is 5.10 Å². The van der Waals surface area contributed by atoms with Crippen molar-refractivity contribution < 1.29 is 13.2 Å². The Bertz CT molecular complexity index is 1120. The highest BCUT2D eigenvalue weighted by atomic mass is 32.2. The maximum absolute atomic E-state index is 12.2. The lowest BCUT2D eigenvalue weighted by atomic mass is 10.1. The number of hydrogen-bond donors (Lipinski definition) is 2. The van der Waals surface area contributed by atoms with Gasteiger partial charge >= 0.3 is 6.03 Å². The summed E-state index contributed by atoms with van der Waals surface area (Å²) in [6, 6.07) is 12.0. The average Bonchev–Trinajstić information content (AvgIpc) is 3.10. The predicted molar refractivity (Wildman–Crippen MR) is 111 cm³/mol. The molecule has 29 heavy (non-hydrogen) atoms. The molecule has 0 aliphatic rings. The Balaban J connectivity index is 1.63. The van der Waals surface area contributed by atoms with Crippen molar-refractivity contribution in [2.75, 3.05) is 26.0 Å². The zero-order chi connectivity index (χ0) is 21.0. The monoisotopic (exact) mass is 416 g/mol. The normalized spacial score (nSPS) is 11.7. The number of nitrogens with one attached hydrogen (secondary N) is 2. The molecule has 0 radical (unpaired) electrons. The van der Waals surface area contributed by atoms with Crippen LogP contribution in [-0.4, -0.2) is 54.4 Å². The van der Waals surface area contributed by atoms with Crippen molar-refractivity contribution in [3.8, 4) is 0 Å². The number of aryl methyl sites for hydroxylation is 1. The molecule has 2 N–H and O–H groups in total. The van der Waals surface area contributed by atoms with Gasteiger partial charge in [0.2, 0.25) is 10.0 Å². The molecule has 154 valence electrons. The molecule has 0 unspecified atom stereocenters. The minimum Gasteiger partial charge on any atom is -0.336 e. The Kier molecular flexibility index (Phi) is 6.14. The van der Waals surface area contributed by atoms with Gasteiger partial charge in [-0.3, -0.25) is 0 Å². The second-order valence-electron chi connectivity index (χ2n) is 6.64. The molecule has 2 amide bonds. The fourth-order valence-electron chi connectivity index (χ4n) is 2.88. The number of aromatic nitrogens is 3. The third-order valence-corrected chi connectivity index (χ3v) is 6.33. The lowest BCUT2D eigenvalue weighted by Crippen LogP contribution is -2.32. The average molecular weight is 417 g/mol. The van der Waals surface area contributed by atoms with E-state index in [4.69, 9.17) is 0 Å². The molecule has 10 heteroatoms. The van der Waals surface area contributed by atoms with Crippen molar-refractivity contribution in [2.24, 2.45) is 0 Å². The number of rotatable bonds is 7. The first-order valence-electron chi connectivity index (χ1n) is 9.21. The minimum atomic E-state index is -3.53. The first kappa shape index (κ1) is 20.7. The molecule has 9 nitrogen and oxygen atoms in total. The second-order valence-corrected chi connectivity index (χ2v) is 8.79. The molecule has 3 aromatic rings. The van der Waals surface area contributed by atoms with E-state index in [1.807, 2.05) is 31.2 Å². The summed E-state index contributed by atoms with van der Waals surface area (Å²) in [6.45, 7) is 2.78. The van der Waals surface area contributed by atoms with Gasteiger partial charge in [0.15, 0.2) is 0 Å². The predicted octanol–water partition coefficient (Wildman–Crippen LogP) is 2.07. The molecule has 0 fully saturated rings. The van der Waals surface area contributed by atoms with E-state index in [0.29, 0.717) is 24.1 Å². The SMILES string of the molecule is CCc1ccccc1NC(=O)NCCn1nnc2cc(S(=O)(=O)N(C)C)ccc21. The molecule has 0 aliphatic carbocycles. The van der Waals surface area contributed by atoms with Crippen LogP contribution in [0.4, 0.5) is 10.5 Å². The van der Waals surface area contributed by atoms with Gasteiger partial charge in [0, 0.05) is 26.3 Å². The highest BCUT2D eigenvalue weighted by Crippen LogP contribution is 2.19. The summed E-state index contributed by atoms with van der Waals surface area (Å²) in [5.41, 5.74) is 3.03. The van der Waals surface area contributed by atoms with E-state index in [0.717, 1.165) is 22.0 Å². The van der Waals surface area contributed by atoms with E-state index >= 15 is 0 Å².